The quantitative estimate of drug-likeness (QED) is 0.845. The van der Waals surface area contributed by atoms with Crippen LogP contribution >= 0.6 is 43.2 Å². The van der Waals surface area contributed by atoms with Gasteiger partial charge in [0.15, 0.2) is 5.13 Å². The highest BCUT2D eigenvalue weighted by Gasteiger charge is 2.08. The summed E-state index contributed by atoms with van der Waals surface area (Å²) in [4.78, 5) is 10.1. The zero-order chi connectivity index (χ0) is 12.4. The molecule has 0 aliphatic rings. The smallest absolute Gasteiger partial charge is 0.188 e. The van der Waals surface area contributed by atoms with Crippen molar-refractivity contribution in [1.29, 1.82) is 0 Å². The molecule has 0 unspecified atom stereocenters. The van der Waals surface area contributed by atoms with E-state index in [-0.39, 0.29) is 0 Å². The summed E-state index contributed by atoms with van der Waals surface area (Å²) in [5.41, 5.74) is 1.14. The van der Waals surface area contributed by atoms with E-state index in [0.717, 1.165) is 32.0 Å². The Morgan fingerprint density at radius 3 is 2.76 bits per heavy atom. The van der Waals surface area contributed by atoms with Gasteiger partial charge in [0.1, 0.15) is 5.82 Å². The first-order chi connectivity index (χ1) is 8.10. The number of hydrogen-bond donors (Lipinski definition) is 1. The van der Waals surface area contributed by atoms with Crippen LogP contribution in [0.3, 0.4) is 0 Å². The van der Waals surface area contributed by atoms with Crippen molar-refractivity contribution in [2.75, 3.05) is 5.32 Å². The summed E-state index contributed by atoms with van der Waals surface area (Å²) in [7, 11) is 0. The zero-order valence-electron chi connectivity index (χ0n) is 9.42. The third-order valence-corrected chi connectivity index (χ3v) is 4.23. The molecule has 0 aliphatic carbocycles. The van der Waals surface area contributed by atoms with Gasteiger partial charge in [0.2, 0.25) is 0 Å². The molecule has 17 heavy (non-hydrogen) atoms. The van der Waals surface area contributed by atoms with Crippen molar-refractivity contribution in [2.45, 2.75) is 20.3 Å². The van der Waals surface area contributed by atoms with Crippen LogP contribution in [0.5, 0.6) is 0 Å². The van der Waals surface area contributed by atoms with Crippen LogP contribution in [-0.2, 0) is 6.42 Å². The van der Waals surface area contributed by atoms with Gasteiger partial charge in [-0.2, -0.15) is 0 Å². The molecule has 2 aromatic heterocycles. The highest BCUT2D eigenvalue weighted by Crippen LogP contribution is 2.29. The summed E-state index contributed by atoms with van der Waals surface area (Å²) in [6, 6.07) is 1.95. The number of nitrogens with one attached hydrogen (secondary N) is 1. The molecule has 3 nitrogen and oxygen atoms in total. The summed E-state index contributed by atoms with van der Waals surface area (Å²) in [5.74, 6) is 0.782. The fraction of sp³-hybridized carbons (Fsp3) is 0.273. The van der Waals surface area contributed by atoms with Crippen LogP contribution in [-0.4, -0.2) is 9.97 Å². The Hall–Kier alpha value is -0.460. The van der Waals surface area contributed by atoms with E-state index in [1.54, 1.807) is 17.5 Å². The first kappa shape index (κ1) is 13.0. The summed E-state index contributed by atoms with van der Waals surface area (Å²) in [5, 5.41) is 4.11. The molecule has 0 radical (unpaired) electrons. The van der Waals surface area contributed by atoms with E-state index in [4.69, 9.17) is 0 Å². The molecule has 0 aliphatic heterocycles. The first-order valence-electron chi connectivity index (χ1n) is 5.14. The number of halogens is 2. The molecular formula is C11H11Br2N3S. The average Bonchev–Trinajstić information content (AvgIpc) is 2.63. The van der Waals surface area contributed by atoms with Crippen molar-refractivity contribution in [3.8, 4) is 0 Å². The van der Waals surface area contributed by atoms with Gasteiger partial charge in [0.05, 0.1) is 10.2 Å². The van der Waals surface area contributed by atoms with E-state index in [0.29, 0.717) is 0 Å². The summed E-state index contributed by atoms with van der Waals surface area (Å²) >= 11 is 8.50. The summed E-state index contributed by atoms with van der Waals surface area (Å²) < 4.78 is 1.86. The molecule has 0 saturated carbocycles. The highest BCUT2D eigenvalue weighted by atomic mass is 79.9. The Morgan fingerprint density at radius 2 is 2.18 bits per heavy atom. The number of hydrogen-bond acceptors (Lipinski definition) is 4. The maximum atomic E-state index is 4.52. The largest absolute Gasteiger partial charge is 0.315 e. The lowest BCUT2D eigenvalue weighted by molar-refractivity contribution is 1.04. The zero-order valence-corrected chi connectivity index (χ0v) is 13.4. The van der Waals surface area contributed by atoms with Crippen LogP contribution in [0.4, 0.5) is 10.9 Å². The van der Waals surface area contributed by atoms with Gasteiger partial charge >= 0.3 is 0 Å². The molecule has 2 heterocycles. The third kappa shape index (κ3) is 3.05. The van der Waals surface area contributed by atoms with Crippen LogP contribution < -0.4 is 5.32 Å². The molecule has 2 aromatic rings. The van der Waals surface area contributed by atoms with Gasteiger partial charge < -0.3 is 5.32 Å². The van der Waals surface area contributed by atoms with Crippen molar-refractivity contribution in [2.24, 2.45) is 0 Å². The molecule has 0 atom stereocenters. The molecule has 2 rings (SSSR count). The Kier molecular flexibility index (Phi) is 4.17. The maximum Gasteiger partial charge on any atom is 0.188 e. The molecule has 1 N–H and O–H groups in total. The van der Waals surface area contributed by atoms with Gasteiger partial charge in [-0.1, -0.05) is 6.92 Å². The van der Waals surface area contributed by atoms with E-state index >= 15 is 0 Å². The molecule has 0 aromatic carbocycles. The minimum absolute atomic E-state index is 0.782. The topological polar surface area (TPSA) is 37.8 Å². The molecular weight excluding hydrogens is 366 g/mol. The number of aromatic nitrogens is 2. The first-order valence-corrected chi connectivity index (χ1v) is 7.54. The summed E-state index contributed by atoms with van der Waals surface area (Å²) in [6.45, 7) is 4.20. The van der Waals surface area contributed by atoms with Crippen LogP contribution in [0.25, 0.3) is 0 Å². The van der Waals surface area contributed by atoms with Crippen molar-refractivity contribution in [3.63, 3.8) is 0 Å². The second-order valence-electron chi connectivity index (χ2n) is 3.48. The maximum absolute atomic E-state index is 4.52. The fourth-order valence-electron chi connectivity index (χ4n) is 1.42. The monoisotopic (exact) mass is 375 g/mol. The average molecular weight is 377 g/mol. The minimum atomic E-state index is 0.782. The molecule has 0 bridgehead atoms. The van der Waals surface area contributed by atoms with Crippen LogP contribution in [0.2, 0.25) is 0 Å². The molecule has 0 fully saturated rings. The van der Waals surface area contributed by atoms with Gasteiger partial charge in [0.25, 0.3) is 0 Å². The summed E-state index contributed by atoms with van der Waals surface area (Å²) in [6.07, 6.45) is 2.72. The van der Waals surface area contributed by atoms with E-state index < -0.39 is 0 Å². The third-order valence-electron chi connectivity index (χ3n) is 2.26. The molecule has 6 heteroatoms. The van der Waals surface area contributed by atoms with Crippen molar-refractivity contribution in [3.05, 3.63) is 31.8 Å². The Morgan fingerprint density at radius 1 is 1.41 bits per heavy atom. The second kappa shape index (κ2) is 5.46. The molecule has 90 valence electrons. The Labute approximate surface area is 121 Å². The predicted octanol–water partition coefficient (Wildman–Crippen LogP) is 4.68. The van der Waals surface area contributed by atoms with Gasteiger partial charge in [-0.3, -0.25) is 0 Å². The van der Waals surface area contributed by atoms with Gasteiger partial charge in [0, 0.05) is 15.5 Å². The van der Waals surface area contributed by atoms with E-state index in [1.165, 1.54) is 4.88 Å². The number of aryl methyl sites for hydroxylation is 2. The van der Waals surface area contributed by atoms with E-state index in [1.807, 2.05) is 6.07 Å². The molecule has 0 saturated heterocycles. The van der Waals surface area contributed by atoms with E-state index in [2.05, 4.69) is 61.0 Å². The number of nitrogens with zero attached hydrogens (tertiary/aromatic N) is 2. The van der Waals surface area contributed by atoms with Gasteiger partial charge in [-0.15, -0.1) is 11.3 Å². The molecule has 0 spiro atoms. The number of rotatable bonds is 3. The lowest BCUT2D eigenvalue weighted by atomic mass is 10.3. The number of pyridine rings is 1. The normalized spacial score (nSPS) is 10.6. The van der Waals surface area contributed by atoms with Crippen LogP contribution in [0.1, 0.15) is 17.5 Å². The van der Waals surface area contributed by atoms with Crippen molar-refractivity contribution >= 4 is 54.1 Å². The van der Waals surface area contributed by atoms with Crippen molar-refractivity contribution in [1.82, 2.24) is 9.97 Å². The lowest BCUT2D eigenvalue weighted by Gasteiger charge is -2.04. The minimum Gasteiger partial charge on any atom is -0.315 e. The van der Waals surface area contributed by atoms with Crippen LogP contribution in [0, 0.1) is 6.92 Å². The van der Waals surface area contributed by atoms with Crippen molar-refractivity contribution < 1.29 is 0 Å². The second-order valence-corrected chi connectivity index (χ2v) is 6.46. The lowest BCUT2D eigenvalue weighted by Crippen LogP contribution is -1.94. The van der Waals surface area contributed by atoms with E-state index in [9.17, 15) is 0 Å². The SMILES string of the molecule is CCc1nc(Nc2ncc(Br)cc2Br)sc1C. The Balaban J connectivity index is 2.25. The number of thiazole rings is 1. The standard InChI is InChI=1S/C11H11Br2N3S/c1-3-9-6(2)17-11(15-9)16-10-8(13)4-7(12)5-14-10/h4-5H,3H2,1-2H3,(H,14,15,16). The van der Waals surface area contributed by atoms with Gasteiger partial charge in [-0.25, -0.2) is 9.97 Å². The fourth-order valence-corrected chi connectivity index (χ4v) is 3.41. The van der Waals surface area contributed by atoms with Gasteiger partial charge in [-0.05, 0) is 51.3 Å². The number of anilines is 2. The predicted molar refractivity (Wildman–Crippen MR) is 79.1 cm³/mol. The van der Waals surface area contributed by atoms with Crippen LogP contribution in [0.15, 0.2) is 21.2 Å². The highest BCUT2D eigenvalue weighted by molar-refractivity contribution is 9.11. The Bertz CT molecular complexity index is 540. The molecule has 0 amide bonds.